The van der Waals surface area contributed by atoms with Crippen LogP contribution >= 0.6 is 0 Å². The van der Waals surface area contributed by atoms with E-state index in [1.165, 1.54) is 0 Å². The zero-order valence-corrected chi connectivity index (χ0v) is 13.7. The second-order valence-corrected chi connectivity index (χ2v) is 5.72. The summed E-state index contributed by atoms with van der Waals surface area (Å²) in [6.07, 6.45) is -0.669. The van der Waals surface area contributed by atoms with Crippen LogP contribution in [0.5, 0.6) is 11.5 Å². The van der Waals surface area contributed by atoms with Gasteiger partial charge in [-0.15, -0.1) is 0 Å². The first-order valence-electron chi connectivity index (χ1n) is 7.55. The minimum absolute atomic E-state index is 0.219. The summed E-state index contributed by atoms with van der Waals surface area (Å²) in [5, 5.41) is 10.1. The molecular weight excluding hydrogens is 276 g/mol. The fourth-order valence-electron chi connectivity index (χ4n) is 2.46. The van der Waals surface area contributed by atoms with Crippen molar-refractivity contribution in [1.29, 1.82) is 0 Å². The molecule has 0 aliphatic carbocycles. The van der Waals surface area contributed by atoms with Crippen LogP contribution in [-0.4, -0.2) is 24.4 Å². The van der Waals surface area contributed by atoms with Crippen molar-refractivity contribution in [3.8, 4) is 11.5 Å². The number of benzene rings is 2. The summed E-state index contributed by atoms with van der Waals surface area (Å²) in [6.45, 7) is 8.45. The first-order valence-corrected chi connectivity index (χ1v) is 7.55. The van der Waals surface area contributed by atoms with E-state index in [9.17, 15) is 5.11 Å². The van der Waals surface area contributed by atoms with E-state index in [-0.39, 0.29) is 13.2 Å². The van der Waals surface area contributed by atoms with Crippen LogP contribution in [0.15, 0.2) is 36.4 Å². The molecule has 0 atom stereocenters. The summed E-state index contributed by atoms with van der Waals surface area (Å²) in [4.78, 5) is 0. The van der Waals surface area contributed by atoms with Gasteiger partial charge in [0.25, 0.3) is 0 Å². The van der Waals surface area contributed by atoms with Crippen LogP contribution in [0.1, 0.15) is 22.3 Å². The first-order chi connectivity index (χ1) is 10.5. The average molecular weight is 300 g/mol. The fourth-order valence-corrected chi connectivity index (χ4v) is 2.46. The molecule has 0 saturated carbocycles. The van der Waals surface area contributed by atoms with Gasteiger partial charge in [0.1, 0.15) is 30.8 Å². The zero-order chi connectivity index (χ0) is 16.1. The van der Waals surface area contributed by atoms with Gasteiger partial charge in [-0.1, -0.05) is 36.4 Å². The largest absolute Gasteiger partial charge is 0.490 e. The van der Waals surface area contributed by atoms with E-state index in [1.54, 1.807) is 0 Å². The SMILES string of the molecule is Cc1cccc(C)c1OCC(O)COc1c(C)cccc1C. The van der Waals surface area contributed by atoms with E-state index in [4.69, 9.17) is 9.47 Å². The van der Waals surface area contributed by atoms with Crippen LogP contribution < -0.4 is 9.47 Å². The highest BCUT2D eigenvalue weighted by Crippen LogP contribution is 2.24. The number of rotatable bonds is 6. The van der Waals surface area contributed by atoms with Crippen molar-refractivity contribution in [2.24, 2.45) is 0 Å². The lowest BCUT2D eigenvalue weighted by atomic mass is 10.1. The van der Waals surface area contributed by atoms with Crippen molar-refractivity contribution in [3.05, 3.63) is 58.7 Å². The highest BCUT2D eigenvalue weighted by Gasteiger charge is 2.11. The van der Waals surface area contributed by atoms with Crippen molar-refractivity contribution in [3.63, 3.8) is 0 Å². The summed E-state index contributed by atoms with van der Waals surface area (Å²) >= 11 is 0. The van der Waals surface area contributed by atoms with Crippen LogP contribution in [0.25, 0.3) is 0 Å². The third-order valence-corrected chi connectivity index (χ3v) is 3.66. The van der Waals surface area contributed by atoms with E-state index in [2.05, 4.69) is 0 Å². The molecule has 2 aromatic rings. The normalized spacial score (nSPS) is 10.8. The number of hydrogen-bond donors (Lipinski definition) is 1. The molecule has 3 heteroatoms. The van der Waals surface area contributed by atoms with Gasteiger partial charge in [0.2, 0.25) is 0 Å². The predicted molar refractivity (Wildman–Crippen MR) is 88.8 cm³/mol. The number of aliphatic hydroxyl groups excluding tert-OH is 1. The average Bonchev–Trinajstić information content (AvgIpc) is 2.46. The van der Waals surface area contributed by atoms with Gasteiger partial charge in [0.05, 0.1) is 0 Å². The van der Waals surface area contributed by atoms with Crippen LogP contribution in [0.3, 0.4) is 0 Å². The van der Waals surface area contributed by atoms with Gasteiger partial charge in [-0.3, -0.25) is 0 Å². The summed E-state index contributed by atoms with van der Waals surface area (Å²) in [7, 11) is 0. The summed E-state index contributed by atoms with van der Waals surface area (Å²) in [6, 6.07) is 12.0. The maximum atomic E-state index is 10.1. The van der Waals surface area contributed by atoms with E-state index in [0.29, 0.717) is 0 Å². The third kappa shape index (κ3) is 4.01. The van der Waals surface area contributed by atoms with Gasteiger partial charge in [0, 0.05) is 0 Å². The van der Waals surface area contributed by atoms with Crippen LogP contribution in [0.2, 0.25) is 0 Å². The molecule has 0 amide bonds. The Morgan fingerprint density at radius 3 is 1.36 bits per heavy atom. The lowest BCUT2D eigenvalue weighted by molar-refractivity contribution is 0.0617. The Labute approximate surface area is 132 Å². The molecule has 0 aliphatic rings. The number of ether oxygens (including phenoxy) is 2. The Hall–Kier alpha value is -2.00. The van der Waals surface area contributed by atoms with Gasteiger partial charge in [-0.25, -0.2) is 0 Å². The minimum atomic E-state index is -0.669. The fraction of sp³-hybridized carbons (Fsp3) is 0.368. The molecule has 0 aliphatic heterocycles. The monoisotopic (exact) mass is 300 g/mol. The standard InChI is InChI=1S/C19H24O3/c1-13-7-5-8-14(2)18(13)21-11-17(20)12-22-19-15(3)9-6-10-16(19)4/h5-10,17,20H,11-12H2,1-4H3. The topological polar surface area (TPSA) is 38.7 Å². The molecule has 0 heterocycles. The molecule has 2 rings (SSSR count). The van der Waals surface area contributed by atoms with Crippen molar-refractivity contribution < 1.29 is 14.6 Å². The van der Waals surface area contributed by atoms with E-state index in [0.717, 1.165) is 33.8 Å². The van der Waals surface area contributed by atoms with Crippen molar-refractivity contribution in [2.45, 2.75) is 33.8 Å². The van der Waals surface area contributed by atoms with E-state index in [1.807, 2.05) is 64.1 Å². The maximum absolute atomic E-state index is 10.1. The van der Waals surface area contributed by atoms with Gasteiger partial charge in [0.15, 0.2) is 0 Å². The molecule has 118 valence electrons. The van der Waals surface area contributed by atoms with Crippen molar-refractivity contribution in [1.82, 2.24) is 0 Å². The molecule has 3 nitrogen and oxygen atoms in total. The molecule has 0 bridgehead atoms. The Kier molecular flexibility index (Phi) is 5.45. The second kappa shape index (κ2) is 7.32. The van der Waals surface area contributed by atoms with Crippen LogP contribution in [-0.2, 0) is 0 Å². The van der Waals surface area contributed by atoms with Crippen molar-refractivity contribution in [2.75, 3.05) is 13.2 Å². The molecule has 22 heavy (non-hydrogen) atoms. The summed E-state index contributed by atoms with van der Waals surface area (Å²) < 4.78 is 11.5. The molecular formula is C19H24O3. The van der Waals surface area contributed by atoms with Gasteiger partial charge in [-0.05, 0) is 49.9 Å². The Balaban J connectivity index is 1.90. The highest BCUT2D eigenvalue weighted by atomic mass is 16.5. The summed E-state index contributed by atoms with van der Waals surface area (Å²) in [5.74, 6) is 1.68. The Morgan fingerprint density at radius 1 is 0.727 bits per heavy atom. The molecule has 0 fully saturated rings. The third-order valence-electron chi connectivity index (χ3n) is 3.66. The van der Waals surface area contributed by atoms with Gasteiger partial charge >= 0.3 is 0 Å². The molecule has 0 saturated heterocycles. The molecule has 1 N–H and O–H groups in total. The van der Waals surface area contributed by atoms with Gasteiger partial charge < -0.3 is 14.6 Å². The lowest BCUT2D eigenvalue weighted by Crippen LogP contribution is -2.25. The number of aliphatic hydroxyl groups is 1. The lowest BCUT2D eigenvalue weighted by Gasteiger charge is -2.17. The van der Waals surface area contributed by atoms with Crippen LogP contribution in [0, 0.1) is 27.7 Å². The first kappa shape index (κ1) is 16.4. The molecule has 0 unspecified atom stereocenters. The number of aryl methyl sites for hydroxylation is 4. The second-order valence-electron chi connectivity index (χ2n) is 5.72. The molecule has 0 aromatic heterocycles. The molecule has 0 spiro atoms. The summed E-state index contributed by atoms with van der Waals surface area (Å²) in [5.41, 5.74) is 4.29. The number of para-hydroxylation sites is 2. The van der Waals surface area contributed by atoms with Crippen molar-refractivity contribution >= 4 is 0 Å². The zero-order valence-electron chi connectivity index (χ0n) is 13.7. The maximum Gasteiger partial charge on any atom is 0.125 e. The predicted octanol–water partition coefficient (Wildman–Crippen LogP) is 3.74. The van der Waals surface area contributed by atoms with E-state index < -0.39 is 6.10 Å². The van der Waals surface area contributed by atoms with E-state index >= 15 is 0 Å². The van der Waals surface area contributed by atoms with Gasteiger partial charge in [-0.2, -0.15) is 0 Å². The Morgan fingerprint density at radius 2 is 1.05 bits per heavy atom. The Bertz CT molecular complexity index is 539. The molecule has 2 aromatic carbocycles. The highest BCUT2D eigenvalue weighted by molar-refractivity contribution is 5.40. The number of hydrogen-bond acceptors (Lipinski definition) is 3. The minimum Gasteiger partial charge on any atom is -0.490 e. The quantitative estimate of drug-likeness (QED) is 0.883. The molecule has 0 radical (unpaired) electrons. The van der Waals surface area contributed by atoms with Crippen LogP contribution in [0.4, 0.5) is 0 Å². The smallest absolute Gasteiger partial charge is 0.125 e.